The van der Waals surface area contributed by atoms with Gasteiger partial charge in [0, 0.05) is 11.5 Å². The molecule has 0 spiro atoms. The Labute approximate surface area is 177 Å². The molecule has 1 aromatic carbocycles. The fourth-order valence-corrected chi connectivity index (χ4v) is 3.61. The van der Waals surface area contributed by atoms with Crippen LogP contribution in [0.15, 0.2) is 63.6 Å². The van der Waals surface area contributed by atoms with Crippen LogP contribution in [0, 0.1) is 5.92 Å². The van der Waals surface area contributed by atoms with Gasteiger partial charge in [0.05, 0.1) is 26.0 Å². The van der Waals surface area contributed by atoms with Gasteiger partial charge in [-0.15, -0.1) is 0 Å². The highest BCUT2D eigenvalue weighted by molar-refractivity contribution is 5.94. The van der Waals surface area contributed by atoms with Crippen LogP contribution >= 0.6 is 0 Å². The van der Waals surface area contributed by atoms with Gasteiger partial charge >= 0.3 is 0 Å². The van der Waals surface area contributed by atoms with Crippen molar-refractivity contribution < 1.29 is 18.4 Å². The molecule has 5 nitrogen and oxygen atoms in total. The lowest BCUT2D eigenvalue weighted by Gasteiger charge is -2.21. The molecular weight excluding hydrogens is 378 g/mol. The van der Waals surface area contributed by atoms with E-state index in [0.717, 1.165) is 35.9 Å². The third-order valence-corrected chi connectivity index (χ3v) is 5.57. The summed E-state index contributed by atoms with van der Waals surface area (Å²) in [5, 5.41) is 0. The SMILES string of the molecule is CCCCOc1cccc(C(=O)N(Cc2ccco2)Cc2ccc(C3CC3C)o2)c1. The van der Waals surface area contributed by atoms with Crippen molar-refractivity contribution in [1.29, 1.82) is 0 Å². The third-order valence-electron chi connectivity index (χ3n) is 5.57. The van der Waals surface area contributed by atoms with Crippen LogP contribution in [0.4, 0.5) is 0 Å². The predicted octanol–water partition coefficient (Wildman–Crippen LogP) is 6.02. The van der Waals surface area contributed by atoms with Crippen molar-refractivity contribution in [1.82, 2.24) is 4.90 Å². The average Bonchev–Trinajstić information content (AvgIpc) is 3.14. The summed E-state index contributed by atoms with van der Waals surface area (Å²) in [7, 11) is 0. The largest absolute Gasteiger partial charge is 0.494 e. The summed E-state index contributed by atoms with van der Waals surface area (Å²) >= 11 is 0. The molecule has 5 heteroatoms. The Kier molecular flexibility index (Phi) is 6.26. The molecule has 0 bridgehead atoms. The van der Waals surface area contributed by atoms with E-state index in [1.54, 1.807) is 11.2 Å². The fourth-order valence-electron chi connectivity index (χ4n) is 3.61. The van der Waals surface area contributed by atoms with Gasteiger partial charge in [0.1, 0.15) is 23.0 Å². The highest BCUT2D eigenvalue weighted by Crippen LogP contribution is 2.47. The van der Waals surface area contributed by atoms with Crippen LogP contribution in [0.5, 0.6) is 5.75 Å². The minimum Gasteiger partial charge on any atom is -0.494 e. The number of amides is 1. The van der Waals surface area contributed by atoms with Gasteiger partial charge in [0.25, 0.3) is 5.91 Å². The van der Waals surface area contributed by atoms with Gasteiger partial charge in [0.15, 0.2) is 0 Å². The van der Waals surface area contributed by atoms with Gasteiger partial charge in [-0.25, -0.2) is 0 Å². The first-order valence-corrected chi connectivity index (χ1v) is 10.8. The molecule has 1 saturated carbocycles. The molecule has 2 atom stereocenters. The second-order valence-corrected chi connectivity index (χ2v) is 8.09. The molecule has 158 valence electrons. The molecular formula is C25H29NO4. The van der Waals surface area contributed by atoms with Gasteiger partial charge in [-0.05, 0) is 61.2 Å². The van der Waals surface area contributed by atoms with Crippen LogP contribution in [-0.4, -0.2) is 17.4 Å². The normalized spacial score (nSPS) is 17.7. The standard InChI is InChI=1S/C25H29NO4/c1-3-4-12-28-20-8-5-7-19(15-20)25(27)26(16-21-9-6-13-29-21)17-22-10-11-24(30-22)23-14-18(23)2/h5-11,13,15,18,23H,3-4,12,14,16-17H2,1-2H3. The van der Waals surface area contributed by atoms with Crippen molar-refractivity contribution in [3.63, 3.8) is 0 Å². The van der Waals surface area contributed by atoms with E-state index < -0.39 is 0 Å². The van der Waals surface area contributed by atoms with Crippen LogP contribution < -0.4 is 4.74 Å². The summed E-state index contributed by atoms with van der Waals surface area (Å²) in [6.07, 6.45) is 4.86. The van der Waals surface area contributed by atoms with Crippen molar-refractivity contribution in [3.05, 3.63) is 77.6 Å². The zero-order chi connectivity index (χ0) is 20.9. The highest BCUT2D eigenvalue weighted by Gasteiger charge is 2.36. The van der Waals surface area contributed by atoms with Crippen LogP contribution in [0.3, 0.4) is 0 Å². The Balaban J connectivity index is 1.51. The number of benzene rings is 1. The summed E-state index contributed by atoms with van der Waals surface area (Å²) in [6.45, 7) is 5.78. The van der Waals surface area contributed by atoms with E-state index in [1.807, 2.05) is 48.5 Å². The summed E-state index contributed by atoms with van der Waals surface area (Å²) in [4.78, 5) is 15.1. The van der Waals surface area contributed by atoms with Crippen LogP contribution in [-0.2, 0) is 13.1 Å². The molecule has 3 aromatic rings. The van der Waals surface area contributed by atoms with E-state index in [4.69, 9.17) is 13.6 Å². The van der Waals surface area contributed by atoms with Crippen LogP contribution in [0.25, 0.3) is 0 Å². The summed E-state index contributed by atoms with van der Waals surface area (Å²) < 4.78 is 17.3. The first-order chi connectivity index (χ1) is 14.6. The first kappa shape index (κ1) is 20.3. The Morgan fingerprint density at radius 3 is 2.70 bits per heavy atom. The number of hydrogen-bond acceptors (Lipinski definition) is 4. The Bertz CT molecular complexity index is 959. The molecule has 2 unspecified atom stereocenters. The van der Waals surface area contributed by atoms with E-state index in [2.05, 4.69) is 13.8 Å². The molecule has 1 fully saturated rings. The predicted molar refractivity (Wildman–Crippen MR) is 114 cm³/mol. The number of hydrogen-bond donors (Lipinski definition) is 0. The second-order valence-electron chi connectivity index (χ2n) is 8.09. The van der Waals surface area contributed by atoms with Crippen molar-refractivity contribution in [2.24, 2.45) is 5.92 Å². The molecule has 1 aliphatic rings. The third kappa shape index (κ3) is 4.96. The lowest BCUT2D eigenvalue weighted by molar-refractivity contribution is 0.0703. The summed E-state index contributed by atoms with van der Waals surface area (Å²) in [5.41, 5.74) is 0.596. The van der Waals surface area contributed by atoms with E-state index in [9.17, 15) is 4.79 Å². The monoisotopic (exact) mass is 407 g/mol. The Hall–Kier alpha value is -2.95. The van der Waals surface area contributed by atoms with Crippen LogP contribution in [0.2, 0.25) is 0 Å². The van der Waals surface area contributed by atoms with Gasteiger partial charge in [-0.2, -0.15) is 0 Å². The number of ether oxygens (including phenoxy) is 1. The molecule has 0 radical (unpaired) electrons. The lowest BCUT2D eigenvalue weighted by atomic mass is 10.1. The van der Waals surface area contributed by atoms with Crippen LogP contribution in [0.1, 0.15) is 66.7 Å². The summed E-state index contributed by atoms with van der Waals surface area (Å²) in [6, 6.07) is 15.1. The lowest BCUT2D eigenvalue weighted by Crippen LogP contribution is -2.29. The zero-order valence-electron chi connectivity index (χ0n) is 17.7. The topological polar surface area (TPSA) is 55.8 Å². The van der Waals surface area contributed by atoms with Crippen molar-refractivity contribution >= 4 is 5.91 Å². The number of furan rings is 2. The van der Waals surface area contributed by atoms with Gasteiger partial charge < -0.3 is 18.5 Å². The van der Waals surface area contributed by atoms with Gasteiger partial charge in [-0.1, -0.05) is 26.3 Å². The van der Waals surface area contributed by atoms with Gasteiger partial charge in [0.2, 0.25) is 0 Å². The summed E-state index contributed by atoms with van der Waals surface area (Å²) in [5.74, 6) is 4.39. The minimum absolute atomic E-state index is 0.0786. The smallest absolute Gasteiger partial charge is 0.254 e. The molecule has 0 aliphatic heterocycles. The molecule has 2 aromatic heterocycles. The maximum absolute atomic E-state index is 13.3. The van der Waals surface area contributed by atoms with Crippen molar-refractivity contribution in [2.75, 3.05) is 6.61 Å². The van der Waals surface area contributed by atoms with Gasteiger partial charge in [-0.3, -0.25) is 4.79 Å². The zero-order valence-corrected chi connectivity index (χ0v) is 17.7. The second kappa shape index (κ2) is 9.24. The molecule has 1 amide bonds. The highest BCUT2D eigenvalue weighted by atomic mass is 16.5. The molecule has 4 rings (SSSR count). The number of nitrogens with zero attached hydrogens (tertiary/aromatic N) is 1. The van der Waals surface area contributed by atoms with E-state index in [-0.39, 0.29) is 5.91 Å². The van der Waals surface area contributed by atoms with Crippen molar-refractivity contribution in [2.45, 2.75) is 52.1 Å². The molecule has 0 N–H and O–H groups in total. The van der Waals surface area contributed by atoms with E-state index >= 15 is 0 Å². The molecule has 30 heavy (non-hydrogen) atoms. The average molecular weight is 408 g/mol. The maximum Gasteiger partial charge on any atom is 0.254 e. The first-order valence-electron chi connectivity index (χ1n) is 10.8. The Morgan fingerprint density at radius 2 is 1.97 bits per heavy atom. The maximum atomic E-state index is 13.3. The number of carbonyl (C=O) groups is 1. The van der Waals surface area contributed by atoms with E-state index in [1.165, 1.54) is 6.42 Å². The quantitative estimate of drug-likeness (QED) is 0.386. The molecule has 2 heterocycles. The van der Waals surface area contributed by atoms with E-state index in [0.29, 0.717) is 37.1 Å². The fraction of sp³-hybridized carbons (Fsp3) is 0.400. The number of rotatable bonds is 10. The van der Waals surface area contributed by atoms with Crippen molar-refractivity contribution in [3.8, 4) is 5.75 Å². The number of carbonyl (C=O) groups excluding carboxylic acids is 1. The molecule has 1 aliphatic carbocycles. The molecule has 0 saturated heterocycles. The Morgan fingerprint density at radius 1 is 1.13 bits per heavy atom. The number of unbranched alkanes of at least 4 members (excludes halogenated alkanes) is 1. The minimum atomic E-state index is -0.0786.